The predicted molar refractivity (Wildman–Crippen MR) is 318 cm³/mol. The predicted octanol–water partition coefficient (Wildman–Crippen LogP) is 6.37. The van der Waals surface area contributed by atoms with Crippen molar-refractivity contribution in [3.05, 3.63) is 85.1 Å². The Hall–Kier alpha value is -3.03. The normalized spacial score (nSPS) is 30.0. The van der Waals surface area contributed by atoms with Crippen LogP contribution in [0.2, 0.25) is 0 Å². The highest BCUT2D eigenvalue weighted by atomic mass is 16.8. The van der Waals surface area contributed by atoms with Gasteiger partial charge in [0, 0.05) is 6.42 Å². The van der Waals surface area contributed by atoms with Crippen LogP contribution in [0, 0.1) is 0 Å². The molecule has 83 heavy (non-hydrogen) atoms. The molecule has 0 saturated carbocycles. The number of rotatable bonds is 45. The Morgan fingerprint density at radius 1 is 0.446 bits per heavy atom. The molecule has 19 nitrogen and oxygen atoms in total. The van der Waals surface area contributed by atoms with E-state index in [0.29, 0.717) is 6.42 Å². The molecule has 3 saturated heterocycles. The Morgan fingerprint density at radius 3 is 1.30 bits per heavy atom. The van der Waals surface area contributed by atoms with E-state index < -0.39 is 124 Å². The Labute approximate surface area is 495 Å². The fourth-order valence-electron chi connectivity index (χ4n) is 10.1. The number of hydrogen-bond acceptors (Lipinski definition) is 18. The van der Waals surface area contributed by atoms with Crippen LogP contribution in [0.1, 0.15) is 181 Å². The summed E-state index contributed by atoms with van der Waals surface area (Å²) in [5.74, 6) is -0.287. The van der Waals surface area contributed by atoms with E-state index in [0.717, 1.165) is 109 Å². The third-order valence-electron chi connectivity index (χ3n) is 15.2. The third-order valence-corrected chi connectivity index (χ3v) is 15.2. The van der Waals surface area contributed by atoms with Gasteiger partial charge >= 0.3 is 0 Å². The largest absolute Gasteiger partial charge is 0.394 e. The molecule has 0 aromatic rings. The van der Waals surface area contributed by atoms with E-state index in [9.17, 15) is 61.0 Å². The molecule has 0 radical (unpaired) electrons. The van der Waals surface area contributed by atoms with Crippen LogP contribution in [-0.4, -0.2) is 193 Å². The molecule has 12 N–H and O–H groups in total. The van der Waals surface area contributed by atoms with E-state index in [1.165, 1.54) is 44.9 Å². The lowest BCUT2D eigenvalue weighted by molar-refractivity contribution is -0.379. The van der Waals surface area contributed by atoms with Crippen molar-refractivity contribution in [1.82, 2.24) is 5.32 Å². The van der Waals surface area contributed by atoms with Gasteiger partial charge in [-0.25, -0.2) is 0 Å². The Bertz CT molecular complexity index is 1840. The Kier molecular flexibility index (Phi) is 41.3. The van der Waals surface area contributed by atoms with E-state index in [1.807, 2.05) is 6.08 Å². The van der Waals surface area contributed by atoms with E-state index >= 15 is 0 Å². The number of carbonyl (C=O) groups excluding carboxylic acids is 1. The first-order valence-electron chi connectivity index (χ1n) is 31.3. The zero-order chi connectivity index (χ0) is 60.5. The lowest BCUT2D eigenvalue weighted by Crippen LogP contribution is -2.66. The second-order valence-corrected chi connectivity index (χ2v) is 22.1. The molecule has 3 fully saturated rings. The number of ether oxygens (including phenoxy) is 6. The number of amides is 1. The number of aliphatic hydroxyl groups is 11. The molecule has 19 heteroatoms. The standard InChI is InChI=1S/C64H109NO18/c1-3-5-7-9-11-12-13-14-15-16-17-18-19-20-21-22-23-24-25-26-27-28-29-30-31-32-33-34-36-38-40-42-52(70)65-47(48(69)41-39-37-35-10-8-6-4-2)46-78-62-58(76)55(73)60(50(44-67)80-62)83-64-59(77)56(74)61(51(45-68)81-64)82-63-57(75)54(72)53(71)49(43-66)79-63/h5,7,11-12,14-15,17-18,20-21,23-24,39,41,47-51,53-64,66-69,71-77H,3-4,6,8-10,13,16,19,22,25-38,40,42-46H2,1-2H3,(H,65,70)/b7-5-,12-11-,15-14-,18-17-,21-20-,24-23-,41-39+. The maximum absolute atomic E-state index is 13.3. The maximum Gasteiger partial charge on any atom is 0.220 e. The van der Waals surface area contributed by atoms with Gasteiger partial charge in [-0.3, -0.25) is 4.79 Å². The lowest BCUT2D eigenvalue weighted by Gasteiger charge is -2.48. The van der Waals surface area contributed by atoms with E-state index in [2.05, 4.69) is 92.1 Å². The molecular weight excluding hydrogens is 1070 g/mol. The monoisotopic (exact) mass is 1180 g/mol. The fourth-order valence-corrected chi connectivity index (χ4v) is 10.1. The molecule has 0 aliphatic carbocycles. The highest BCUT2D eigenvalue weighted by Gasteiger charge is 2.53. The summed E-state index contributed by atoms with van der Waals surface area (Å²) >= 11 is 0. The van der Waals surface area contributed by atoms with Gasteiger partial charge in [-0.15, -0.1) is 0 Å². The van der Waals surface area contributed by atoms with Crippen LogP contribution < -0.4 is 5.32 Å². The minimum atomic E-state index is -1.98. The Morgan fingerprint density at radius 2 is 0.831 bits per heavy atom. The van der Waals surface area contributed by atoms with Crippen LogP contribution in [0.25, 0.3) is 0 Å². The quantitative estimate of drug-likeness (QED) is 0.0233. The fraction of sp³-hybridized carbons (Fsp3) is 0.766. The summed E-state index contributed by atoms with van der Waals surface area (Å²) < 4.78 is 34.1. The first kappa shape index (κ1) is 74.2. The molecule has 0 aromatic heterocycles. The second kappa shape index (κ2) is 46.2. The molecular formula is C64H109NO18. The van der Waals surface area contributed by atoms with Crippen molar-refractivity contribution in [1.29, 1.82) is 0 Å². The zero-order valence-electron chi connectivity index (χ0n) is 49.9. The first-order valence-corrected chi connectivity index (χ1v) is 31.3. The second-order valence-electron chi connectivity index (χ2n) is 22.1. The summed E-state index contributed by atoms with van der Waals surface area (Å²) in [6, 6.07) is -0.975. The molecule has 478 valence electrons. The highest BCUT2D eigenvalue weighted by molar-refractivity contribution is 5.76. The minimum absolute atomic E-state index is 0.235. The molecule has 3 rings (SSSR count). The molecule has 3 heterocycles. The van der Waals surface area contributed by atoms with Crippen molar-refractivity contribution >= 4 is 5.91 Å². The van der Waals surface area contributed by atoms with Crippen molar-refractivity contribution in [2.45, 2.75) is 285 Å². The van der Waals surface area contributed by atoms with Crippen molar-refractivity contribution in [2.75, 3.05) is 26.4 Å². The maximum atomic E-state index is 13.3. The molecule has 3 aliphatic heterocycles. The topological polar surface area (TPSA) is 307 Å². The molecule has 17 unspecified atom stereocenters. The molecule has 1 amide bonds. The number of allylic oxidation sites excluding steroid dienone is 13. The van der Waals surface area contributed by atoms with Crippen LogP contribution in [0.15, 0.2) is 85.1 Å². The highest BCUT2D eigenvalue weighted by Crippen LogP contribution is 2.33. The van der Waals surface area contributed by atoms with Gasteiger partial charge in [0.25, 0.3) is 0 Å². The van der Waals surface area contributed by atoms with Crippen LogP contribution in [0.4, 0.5) is 0 Å². The minimum Gasteiger partial charge on any atom is -0.394 e. The number of hydrogen-bond donors (Lipinski definition) is 12. The van der Waals surface area contributed by atoms with Crippen molar-refractivity contribution in [3.8, 4) is 0 Å². The SMILES string of the molecule is CC/C=C\C/C=C\C/C=C\C/C=C\C/C=C\C/C=C\CCCCCCCCCCCCCCC(=O)NC(COC1OC(CO)C(OC2OC(CO)C(OC3OC(CO)C(O)C(O)C3O)C(O)C2O)C(O)C1O)C(O)/C=C/CCCCCCC. The number of unbranched alkanes of at least 4 members (excludes halogenated alkanes) is 17. The van der Waals surface area contributed by atoms with Gasteiger partial charge in [-0.05, 0) is 70.6 Å². The van der Waals surface area contributed by atoms with Gasteiger partial charge in [-0.2, -0.15) is 0 Å². The van der Waals surface area contributed by atoms with E-state index in [-0.39, 0.29) is 18.9 Å². The summed E-state index contributed by atoms with van der Waals surface area (Å²) in [4.78, 5) is 13.3. The number of nitrogens with one attached hydrogen (secondary N) is 1. The average Bonchev–Trinajstić information content (AvgIpc) is 3.69. The smallest absolute Gasteiger partial charge is 0.220 e. The van der Waals surface area contributed by atoms with Gasteiger partial charge in [-0.1, -0.05) is 189 Å². The summed E-state index contributed by atoms with van der Waals surface area (Å²) in [6.07, 6.45) is 30.4. The van der Waals surface area contributed by atoms with E-state index in [4.69, 9.17) is 28.4 Å². The molecule has 0 spiro atoms. The van der Waals surface area contributed by atoms with Crippen molar-refractivity contribution in [3.63, 3.8) is 0 Å². The summed E-state index contributed by atoms with van der Waals surface area (Å²) in [7, 11) is 0. The summed E-state index contributed by atoms with van der Waals surface area (Å²) in [5.41, 5.74) is 0. The number of carbonyl (C=O) groups is 1. The van der Waals surface area contributed by atoms with Gasteiger partial charge in [0.2, 0.25) is 5.91 Å². The molecule has 3 aliphatic rings. The lowest BCUT2D eigenvalue weighted by atomic mass is 9.96. The Balaban J connectivity index is 1.35. The van der Waals surface area contributed by atoms with Crippen molar-refractivity contribution < 1.29 is 89.4 Å². The van der Waals surface area contributed by atoms with Gasteiger partial charge in [0.05, 0.1) is 38.6 Å². The average molecular weight is 1180 g/mol. The van der Waals surface area contributed by atoms with Crippen LogP contribution in [0.3, 0.4) is 0 Å². The third kappa shape index (κ3) is 29.5. The van der Waals surface area contributed by atoms with Crippen LogP contribution in [-0.2, 0) is 33.2 Å². The van der Waals surface area contributed by atoms with Gasteiger partial charge in [0.1, 0.15) is 73.2 Å². The molecule has 17 atom stereocenters. The van der Waals surface area contributed by atoms with Crippen LogP contribution in [0.5, 0.6) is 0 Å². The zero-order valence-corrected chi connectivity index (χ0v) is 49.9. The molecule has 0 bridgehead atoms. The number of aliphatic hydroxyl groups excluding tert-OH is 11. The van der Waals surface area contributed by atoms with Crippen LogP contribution >= 0.6 is 0 Å². The van der Waals surface area contributed by atoms with Gasteiger partial charge < -0.3 is 89.9 Å². The van der Waals surface area contributed by atoms with Crippen molar-refractivity contribution in [2.24, 2.45) is 0 Å². The summed E-state index contributed by atoms with van der Waals surface area (Å²) in [5, 5.41) is 120. The van der Waals surface area contributed by atoms with E-state index in [1.54, 1.807) is 6.08 Å². The first-order chi connectivity index (χ1) is 40.3. The summed E-state index contributed by atoms with van der Waals surface area (Å²) in [6.45, 7) is 1.51. The van der Waals surface area contributed by atoms with Gasteiger partial charge in [0.15, 0.2) is 18.9 Å². The molecule has 0 aromatic carbocycles.